The first-order valence-electron chi connectivity index (χ1n) is 5.96. The fourth-order valence-electron chi connectivity index (χ4n) is 1.93. The summed E-state index contributed by atoms with van der Waals surface area (Å²) in [5.74, 6) is -2.30. The van der Waals surface area contributed by atoms with E-state index in [1.165, 1.54) is 7.11 Å². The lowest BCUT2D eigenvalue weighted by atomic mass is 10.1. The lowest BCUT2D eigenvalue weighted by Crippen LogP contribution is -2.43. The standard InChI is InChI=1S/C12H19NO6/c1-12(2,3)19-11(17)13-6-7(10(16)18-4)5-8(13)9(14)15/h7-8H,5-6H2,1-4H3,(H,14,15)/t7-,8-/m1/s1. The number of hydrogen-bond donors (Lipinski definition) is 1. The summed E-state index contributed by atoms with van der Waals surface area (Å²) in [7, 11) is 1.23. The molecule has 7 nitrogen and oxygen atoms in total. The molecule has 0 radical (unpaired) electrons. The van der Waals surface area contributed by atoms with Crippen LogP contribution in [0.4, 0.5) is 4.79 Å². The van der Waals surface area contributed by atoms with Gasteiger partial charge in [0.2, 0.25) is 0 Å². The van der Waals surface area contributed by atoms with Crippen LogP contribution in [-0.2, 0) is 19.1 Å². The number of likely N-dealkylation sites (tertiary alicyclic amines) is 1. The Morgan fingerprint density at radius 3 is 2.26 bits per heavy atom. The van der Waals surface area contributed by atoms with Crippen molar-refractivity contribution in [3.05, 3.63) is 0 Å². The zero-order chi connectivity index (χ0) is 14.8. The number of ether oxygens (including phenoxy) is 2. The summed E-state index contributed by atoms with van der Waals surface area (Å²) in [6.45, 7) is 5.07. The molecule has 19 heavy (non-hydrogen) atoms. The molecule has 0 aromatic rings. The maximum Gasteiger partial charge on any atom is 0.411 e. The van der Waals surface area contributed by atoms with Crippen LogP contribution in [0.5, 0.6) is 0 Å². The Bertz CT molecular complexity index is 386. The highest BCUT2D eigenvalue weighted by Crippen LogP contribution is 2.26. The molecule has 0 aromatic carbocycles. The van der Waals surface area contributed by atoms with Crippen LogP contribution in [0.3, 0.4) is 0 Å². The van der Waals surface area contributed by atoms with E-state index in [0.717, 1.165) is 4.90 Å². The van der Waals surface area contributed by atoms with Crippen LogP contribution in [-0.4, -0.2) is 53.3 Å². The Hall–Kier alpha value is -1.79. The molecule has 1 amide bonds. The Kier molecular flexibility index (Phi) is 4.39. The summed E-state index contributed by atoms with van der Waals surface area (Å²) < 4.78 is 9.72. The molecule has 0 aromatic heterocycles. The SMILES string of the molecule is COC(=O)[C@@H]1C[C@H](C(=O)O)N(C(=O)OC(C)(C)C)C1. The normalized spacial score (nSPS) is 23.1. The number of methoxy groups -OCH3 is 1. The van der Waals surface area contributed by atoms with Crippen LogP contribution in [0.1, 0.15) is 27.2 Å². The van der Waals surface area contributed by atoms with Gasteiger partial charge in [0.25, 0.3) is 0 Å². The predicted molar refractivity (Wildman–Crippen MR) is 64.5 cm³/mol. The van der Waals surface area contributed by atoms with Crippen molar-refractivity contribution in [1.82, 2.24) is 4.90 Å². The van der Waals surface area contributed by atoms with E-state index in [1.807, 2.05) is 0 Å². The van der Waals surface area contributed by atoms with Crippen molar-refractivity contribution >= 4 is 18.0 Å². The zero-order valence-corrected chi connectivity index (χ0v) is 11.5. The van der Waals surface area contributed by atoms with E-state index < -0.39 is 35.6 Å². The van der Waals surface area contributed by atoms with E-state index in [2.05, 4.69) is 4.74 Å². The van der Waals surface area contributed by atoms with Crippen LogP contribution >= 0.6 is 0 Å². The number of carbonyl (C=O) groups excluding carboxylic acids is 2. The third kappa shape index (κ3) is 3.84. The van der Waals surface area contributed by atoms with Crippen LogP contribution in [0.2, 0.25) is 0 Å². The van der Waals surface area contributed by atoms with Gasteiger partial charge in [0.05, 0.1) is 13.0 Å². The molecule has 1 rings (SSSR count). The molecule has 1 fully saturated rings. The van der Waals surface area contributed by atoms with Gasteiger partial charge in [0.1, 0.15) is 11.6 Å². The van der Waals surface area contributed by atoms with Crippen molar-refractivity contribution in [2.45, 2.75) is 38.8 Å². The van der Waals surface area contributed by atoms with Crippen molar-refractivity contribution in [3.63, 3.8) is 0 Å². The molecule has 0 unspecified atom stereocenters. The topological polar surface area (TPSA) is 93.1 Å². The van der Waals surface area contributed by atoms with Crippen molar-refractivity contribution in [3.8, 4) is 0 Å². The number of rotatable bonds is 2. The molecule has 1 saturated heterocycles. The fourth-order valence-corrected chi connectivity index (χ4v) is 1.93. The quantitative estimate of drug-likeness (QED) is 0.750. The molecule has 108 valence electrons. The van der Waals surface area contributed by atoms with Gasteiger partial charge in [-0.15, -0.1) is 0 Å². The molecule has 1 aliphatic rings. The number of nitrogens with zero attached hydrogens (tertiary/aromatic N) is 1. The lowest BCUT2D eigenvalue weighted by molar-refractivity contribution is -0.144. The van der Waals surface area contributed by atoms with E-state index in [-0.39, 0.29) is 13.0 Å². The smallest absolute Gasteiger partial charge is 0.411 e. The van der Waals surface area contributed by atoms with Crippen molar-refractivity contribution in [2.24, 2.45) is 5.92 Å². The first kappa shape index (κ1) is 15.3. The largest absolute Gasteiger partial charge is 0.480 e. The van der Waals surface area contributed by atoms with Gasteiger partial charge in [-0.2, -0.15) is 0 Å². The minimum Gasteiger partial charge on any atom is -0.480 e. The Morgan fingerprint density at radius 1 is 1.26 bits per heavy atom. The van der Waals surface area contributed by atoms with Gasteiger partial charge in [-0.05, 0) is 27.2 Å². The second kappa shape index (κ2) is 5.46. The van der Waals surface area contributed by atoms with Gasteiger partial charge in [-0.25, -0.2) is 9.59 Å². The monoisotopic (exact) mass is 273 g/mol. The number of carboxylic acid groups (broad SMARTS) is 1. The molecule has 7 heteroatoms. The Labute approximate surface area is 111 Å². The van der Waals surface area contributed by atoms with Gasteiger partial charge in [0, 0.05) is 6.54 Å². The summed E-state index contributed by atoms with van der Waals surface area (Å²) in [5, 5.41) is 9.10. The summed E-state index contributed by atoms with van der Waals surface area (Å²) in [6, 6.07) is -1.06. The van der Waals surface area contributed by atoms with Crippen LogP contribution in [0, 0.1) is 5.92 Å². The van der Waals surface area contributed by atoms with Crippen molar-refractivity contribution in [2.75, 3.05) is 13.7 Å². The molecule has 1 N–H and O–H groups in total. The summed E-state index contributed by atoms with van der Waals surface area (Å²) in [4.78, 5) is 35.6. The van der Waals surface area contributed by atoms with E-state index in [0.29, 0.717) is 0 Å². The minimum atomic E-state index is -1.16. The van der Waals surface area contributed by atoms with Gasteiger partial charge in [-0.3, -0.25) is 9.69 Å². The molecule has 0 saturated carbocycles. The highest BCUT2D eigenvalue weighted by atomic mass is 16.6. The van der Waals surface area contributed by atoms with E-state index in [9.17, 15) is 14.4 Å². The summed E-state index contributed by atoms with van der Waals surface area (Å²) in [6.07, 6.45) is -0.687. The number of hydrogen-bond acceptors (Lipinski definition) is 5. The van der Waals surface area contributed by atoms with Gasteiger partial charge in [0.15, 0.2) is 0 Å². The second-order valence-corrected chi connectivity index (χ2v) is 5.44. The average molecular weight is 273 g/mol. The van der Waals surface area contributed by atoms with E-state index in [1.54, 1.807) is 20.8 Å². The first-order valence-corrected chi connectivity index (χ1v) is 5.96. The van der Waals surface area contributed by atoms with E-state index >= 15 is 0 Å². The summed E-state index contributed by atoms with van der Waals surface area (Å²) >= 11 is 0. The number of esters is 1. The predicted octanol–water partition coefficient (Wildman–Crippen LogP) is 0.870. The van der Waals surface area contributed by atoms with E-state index in [4.69, 9.17) is 9.84 Å². The van der Waals surface area contributed by atoms with Crippen LogP contribution in [0.25, 0.3) is 0 Å². The number of carbonyl (C=O) groups is 3. The van der Waals surface area contributed by atoms with Crippen molar-refractivity contribution < 1.29 is 29.0 Å². The highest BCUT2D eigenvalue weighted by molar-refractivity contribution is 5.84. The van der Waals surface area contributed by atoms with Gasteiger partial charge >= 0.3 is 18.0 Å². The molecule has 1 heterocycles. The number of carboxylic acids is 1. The molecule has 0 bridgehead atoms. The molecule has 0 aliphatic carbocycles. The zero-order valence-electron chi connectivity index (χ0n) is 11.5. The second-order valence-electron chi connectivity index (χ2n) is 5.44. The number of aliphatic carboxylic acids is 1. The molecule has 0 spiro atoms. The summed E-state index contributed by atoms with van der Waals surface area (Å²) in [5.41, 5.74) is -0.719. The highest BCUT2D eigenvalue weighted by Gasteiger charge is 2.44. The molecule has 1 aliphatic heterocycles. The lowest BCUT2D eigenvalue weighted by Gasteiger charge is -2.26. The third-order valence-corrected chi connectivity index (χ3v) is 2.75. The maximum absolute atomic E-state index is 11.9. The fraction of sp³-hybridized carbons (Fsp3) is 0.750. The number of amides is 1. The average Bonchev–Trinajstić information content (AvgIpc) is 2.70. The van der Waals surface area contributed by atoms with Gasteiger partial charge in [-0.1, -0.05) is 0 Å². The third-order valence-electron chi connectivity index (χ3n) is 2.75. The maximum atomic E-state index is 11.9. The van der Waals surface area contributed by atoms with Crippen LogP contribution < -0.4 is 0 Å². The van der Waals surface area contributed by atoms with Gasteiger partial charge < -0.3 is 14.6 Å². The molecular formula is C12H19NO6. The minimum absolute atomic E-state index is 0.00144. The van der Waals surface area contributed by atoms with Crippen LogP contribution in [0.15, 0.2) is 0 Å². The first-order chi connectivity index (χ1) is 8.65. The van der Waals surface area contributed by atoms with Crippen molar-refractivity contribution in [1.29, 1.82) is 0 Å². The molecular weight excluding hydrogens is 254 g/mol. The Balaban J connectivity index is 2.82. The Morgan fingerprint density at radius 2 is 1.84 bits per heavy atom. The molecule has 2 atom stereocenters.